The van der Waals surface area contributed by atoms with Gasteiger partial charge < -0.3 is 20.3 Å². The number of carbonyl (C=O) groups is 2. The van der Waals surface area contributed by atoms with Gasteiger partial charge in [-0.1, -0.05) is 6.92 Å². The van der Waals surface area contributed by atoms with E-state index in [-0.39, 0.29) is 45.5 Å². The van der Waals surface area contributed by atoms with Gasteiger partial charge >= 0.3 is 6.18 Å². The summed E-state index contributed by atoms with van der Waals surface area (Å²) < 4.78 is 73.5. The second-order valence-electron chi connectivity index (χ2n) is 9.65. The van der Waals surface area contributed by atoms with Crippen molar-refractivity contribution in [3.63, 3.8) is 0 Å². The highest BCUT2D eigenvalue weighted by Crippen LogP contribution is 2.39. The fraction of sp³-hybridized carbons (Fsp3) is 0.600. The lowest BCUT2D eigenvalue weighted by Gasteiger charge is -2.22. The third-order valence-corrected chi connectivity index (χ3v) is 8.02. The summed E-state index contributed by atoms with van der Waals surface area (Å²) in [4.78, 5) is 36.4. The smallest absolute Gasteiger partial charge is 0.381 e. The Hall–Kier alpha value is -2.87. The quantitative estimate of drug-likeness (QED) is 0.408. The summed E-state index contributed by atoms with van der Waals surface area (Å²) in [5, 5.41) is 4.95. The zero-order valence-corrected chi connectivity index (χ0v) is 22.3. The van der Waals surface area contributed by atoms with Gasteiger partial charge in [0.2, 0.25) is 0 Å². The summed E-state index contributed by atoms with van der Waals surface area (Å²) in [6.07, 6.45) is -4.27. The number of thiazole rings is 1. The fourth-order valence-corrected chi connectivity index (χ4v) is 5.71. The Balaban J connectivity index is 1.73. The maximum absolute atomic E-state index is 14.2. The zero-order valence-electron chi connectivity index (χ0n) is 21.5. The number of halogens is 5. The van der Waals surface area contributed by atoms with Gasteiger partial charge in [0.1, 0.15) is 17.6 Å². The average Bonchev–Trinajstić information content (AvgIpc) is 3.53. The Morgan fingerprint density at radius 3 is 2.54 bits per heavy atom. The second-order valence-corrected chi connectivity index (χ2v) is 10.6. The van der Waals surface area contributed by atoms with Crippen LogP contribution in [0.1, 0.15) is 78.2 Å². The molecule has 2 fully saturated rings. The van der Waals surface area contributed by atoms with Gasteiger partial charge in [0, 0.05) is 49.2 Å². The summed E-state index contributed by atoms with van der Waals surface area (Å²) in [6, 6.07) is -1.37. The summed E-state index contributed by atoms with van der Waals surface area (Å²) >= 11 is 0.782. The first-order valence-corrected chi connectivity index (χ1v) is 13.6. The minimum absolute atomic E-state index is 0.0217. The van der Waals surface area contributed by atoms with Crippen LogP contribution in [0.25, 0.3) is 10.4 Å². The maximum atomic E-state index is 14.2. The molecule has 4 rings (SSSR count). The van der Waals surface area contributed by atoms with E-state index >= 15 is 0 Å². The highest BCUT2D eigenvalue weighted by molar-refractivity contribution is 7.17. The third kappa shape index (κ3) is 6.65. The summed E-state index contributed by atoms with van der Waals surface area (Å²) in [6.45, 7) is 4.62. The van der Waals surface area contributed by atoms with E-state index in [1.54, 1.807) is 4.90 Å². The van der Waals surface area contributed by atoms with Gasteiger partial charge in [-0.15, -0.1) is 11.3 Å². The van der Waals surface area contributed by atoms with Gasteiger partial charge in [-0.25, -0.2) is 18.7 Å². The predicted molar refractivity (Wildman–Crippen MR) is 135 cm³/mol. The van der Waals surface area contributed by atoms with Crippen molar-refractivity contribution in [2.45, 2.75) is 76.7 Å². The van der Waals surface area contributed by atoms with Crippen LogP contribution in [0, 0.1) is 0 Å². The molecule has 0 aromatic carbocycles. The van der Waals surface area contributed by atoms with Crippen molar-refractivity contribution >= 4 is 29.0 Å². The molecule has 8 nitrogen and oxygen atoms in total. The van der Waals surface area contributed by atoms with Crippen molar-refractivity contribution in [3.05, 3.63) is 28.5 Å². The molecule has 0 saturated carbocycles. The molecule has 2 N–H and O–H groups in total. The van der Waals surface area contributed by atoms with Crippen molar-refractivity contribution in [1.29, 1.82) is 0 Å². The lowest BCUT2D eigenvalue weighted by molar-refractivity contribution is -0.142. The minimum atomic E-state index is -4.60. The Labute approximate surface area is 226 Å². The molecule has 2 saturated heterocycles. The number of amides is 2. The minimum Gasteiger partial charge on any atom is -0.381 e. The van der Waals surface area contributed by atoms with E-state index in [1.165, 1.54) is 6.92 Å². The number of rotatable bonds is 8. The second kappa shape index (κ2) is 12.1. The van der Waals surface area contributed by atoms with Gasteiger partial charge in [0.25, 0.3) is 18.2 Å². The number of hydrogen-bond donors (Lipinski definition) is 2. The molecule has 0 aliphatic carbocycles. The predicted octanol–water partition coefficient (Wildman–Crippen LogP) is 5.43. The van der Waals surface area contributed by atoms with E-state index in [0.717, 1.165) is 36.4 Å². The Morgan fingerprint density at radius 1 is 1.23 bits per heavy atom. The first-order valence-electron chi connectivity index (χ1n) is 12.8. The van der Waals surface area contributed by atoms with Gasteiger partial charge in [0.15, 0.2) is 5.01 Å². The first-order chi connectivity index (χ1) is 18.5. The summed E-state index contributed by atoms with van der Waals surface area (Å²) in [5.74, 6) is -1.41. The normalized spacial score (nSPS) is 19.4. The molecule has 0 radical (unpaired) electrons. The molecule has 2 aromatic rings. The molecule has 0 unspecified atom stereocenters. The van der Waals surface area contributed by atoms with Gasteiger partial charge in [0.05, 0.1) is 4.88 Å². The van der Waals surface area contributed by atoms with Gasteiger partial charge in [-0.05, 0) is 45.1 Å². The molecule has 2 aliphatic heterocycles. The number of nitrogens with one attached hydrogen (secondary N) is 2. The largest absolute Gasteiger partial charge is 0.408 e. The molecule has 2 amide bonds. The van der Waals surface area contributed by atoms with E-state index in [0.29, 0.717) is 32.6 Å². The maximum Gasteiger partial charge on any atom is 0.408 e. The van der Waals surface area contributed by atoms with Gasteiger partial charge in [-0.3, -0.25) is 9.59 Å². The van der Waals surface area contributed by atoms with Crippen LogP contribution in [0.5, 0.6) is 0 Å². The lowest BCUT2D eigenvalue weighted by Crippen LogP contribution is -2.39. The number of aromatic nitrogens is 2. The number of anilines is 1. The first kappa shape index (κ1) is 29.1. The van der Waals surface area contributed by atoms with Crippen molar-refractivity contribution in [3.8, 4) is 10.4 Å². The van der Waals surface area contributed by atoms with E-state index in [1.807, 2.05) is 6.92 Å². The molecule has 2 aromatic heterocycles. The van der Waals surface area contributed by atoms with Crippen LogP contribution >= 0.6 is 11.3 Å². The highest BCUT2D eigenvalue weighted by atomic mass is 32.1. The number of ether oxygens (including phenoxy) is 1. The summed E-state index contributed by atoms with van der Waals surface area (Å²) in [5.41, 5.74) is -0.932. The van der Waals surface area contributed by atoms with Crippen LogP contribution in [0.4, 0.5) is 27.8 Å². The van der Waals surface area contributed by atoms with E-state index in [4.69, 9.17) is 4.74 Å². The molecule has 0 bridgehead atoms. The van der Waals surface area contributed by atoms with Crippen molar-refractivity contribution < 1.29 is 36.3 Å². The molecule has 14 heteroatoms. The van der Waals surface area contributed by atoms with Crippen molar-refractivity contribution in [2.24, 2.45) is 0 Å². The van der Waals surface area contributed by atoms with Gasteiger partial charge in [-0.2, -0.15) is 13.2 Å². The molecular weight excluding hydrogens is 545 g/mol. The topological polar surface area (TPSA) is 96.4 Å². The van der Waals surface area contributed by atoms with Crippen LogP contribution in [-0.4, -0.2) is 70.7 Å². The molecule has 4 heterocycles. The Morgan fingerprint density at radius 2 is 1.95 bits per heavy atom. The number of likely N-dealkylation sites (tertiary alicyclic amines) is 1. The number of carbonyl (C=O) groups excluding carboxylic acids is 2. The number of hydrogen-bond acceptors (Lipinski definition) is 7. The van der Waals surface area contributed by atoms with Crippen LogP contribution < -0.4 is 10.6 Å². The Bertz CT molecular complexity index is 1190. The fourth-order valence-electron chi connectivity index (χ4n) is 4.72. The SMILES string of the molecule is CC[C@H](Nc1cc(C(F)F)c(-c2sc(C(=O)NC3CCOCC3)nc2C(=O)N2CCC[C@@H]2C)cn1)C(F)(F)F. The number of alkyl halides is 5. The van der Waals surface area contributed by atoms with Crippen LogP contribution in [0.2, 0.25) is 0 Å². The third-order valence-electron chi connectivity index (χ3n) is 6.94. The van der Waals surface area contributed by atoms with E-state index in [2.05, 4.69) is 20.6 Å². The molecular formula is C25H30F5N5O3S. The Kier molecular flexibility index (Phi) is 9.04. The summed E-state index contributed by atoms with van der Waals surface area (Å²) in [7, 11) is 0. The number of nitrogens with zero attached hydrogens (tertiary/aromatic N) is 3. The standard InChI is InChI=1S/C25H30F5N5O3S/c1-3-17(25(28,29)30)33-18-11-15(21(26)27)16(12-31-18)20-19(24(37)35-8-4-5-13(35)2)34-23(39-20)22(36)32-14-6-9-38-10-7-14/h11-14,17,21H,3-10H2,1-2H3,(H,31,33)(H,32,36)/t13-,17-/m0/s1. The molecule has 214 valence electrons. The molecule has 2 aliphatic rings. The molecule has 39 heavy (non-hydrogen) atoms. The lowest BCUT2D eigenvalue weighted by atomic mass is 10.1. The van der Waals surface area contributed by atoms with Crippen LogP contribution in [-0.2, 0) is 4.74 Å². The van der Waals surface area contributed by atoms with Crippen molar-refractivity contribution in [2.75, 3.05) is 25.1 Å². The van der Waals surface area contributed by atoms with Crippen LogP contribution in [0.15, 0.2) is 12.3 Å². The van der Waals surface area contributed by atoms with E-state index in [9.17, 15) is 31.5 Å². The van der Waals surface area contributed by atoms with Crippen molar-refractivity contribution in [1.82, 2.24) is 20.2 Å². The molecule has 2 atom stereocenters. The number of pyridine rings is 1. The van der Waals surface area contributed by atoms with Crippen LogP contribution in [0.3, 0.4) is 0 Å². The zero-order chi connectivity index (χ0) is 28.3. The van der Waals surface area contributed by atoms with E-state index < -0.39 is 36.0 Å². The molecule has 0 spiro atoms. The highest BCUT2D eigenvalue weighted by Gasteiger charge is 2.39. The average molecular weight is 576 g/mol. The monoisotopic (exact) mass is 575 g/mol.